The quantitative estimate of drug-likeness (QED) is 0.297. The fourth-order valence-corrected chi connectivity index (χ4v) is 5.25. The maximum Gasteiger partial charge on any atom is 0.268 e. The number of fused-ring (bicyclic) bond motifs is 2. The number of carbonyl (C=O) groups is 2. The number of hydrogen-bond acceptors (Lipinski definition) is 3. The van der Waals surface area contributed by atoms with Crippen molar-refractivity contribution >= 4 is 17.5 Å². The summed E-state index contributed by atoms with van der Waals surface area (Å²) in [6.07, 6.45) is 3.42. The van der Waals surface area contributed by atoms with Gasteiger partial charge in [-0.15, -0.1) is 0 Å². The number of anilines is 1. The predicted octanol–water partition coefficient (Wildman–Crippen LogP) is 6.14. The highest BCUT2D eigenvalue weighted by Gasteiger charge is 2.27. The molecule has 0 atom stereocenters. The number of benzene rings is 3. The zero-order valence-electron chi connectivity index (χ0n) is 22.0. The van der Waals surface area contributed by atoms with Crippen LogP contribution in [0.25, 0.3) is 11.1 Å². The van der Waals surface area contributed by atoms with Crippen LogP contribution in [-0.2, 0) is 19.6 Å². The van der Waals surface area contributed by atoms with Gasteiger partial charge in [0, 0.05) is 41.4 Å². The minimum Gasteiger partial charge on any atom is -0.347 e. The van der Waals surface area contributed by atoms with Crippen LogP contribution in [0.3, 0.4) is 0 Å². The first-order valence-corrected chi connectivity index (χ1v) is 13.1. The van der Waals surface area contributed by atoms with E-state index in [1.807, 2.05) is 60.0 Å². The van der Waals surface area contributed by atoms with Gasteiger partial charge < -0.3 is 14.8 Å². The lowest BCUT2D eigenvalue weighted by Gasteiger charge is -2.23. The van der Waals surface area contributed by atoms with E-state index in [1.54, 1.807) is 53.7 Å². The van der Waals surface area contributed by atoms with Crippen LogP contribution in [0.5, 0.6) is 0 Å². The highest BCUT2D eigenvalue weighted by Crippen LogP contribution is 2.32. The number of rotatable bonds is 5. The second kappa shape index (κ2) is 10.6. The van der Waals surface area contributed by atoms with E-state index >= 15 is 0 Å². The molecule has 5 aromatic rings. The van der Waals surface area contributed by atoms with E-state index in [0.29, 0.717) is 36.5 Å². The number of amides is 2. The van der Waals surface area contributed by atoms with Crippen LogP contribution in [0.15, 0.2) is 103 Å². The van der Waals surface area contributed by atoms with Crippen molar-refractivity contribution in [1.82, 2.24) is 14.9 Å². The molecule has 0 spiro atoms. The van der Waals surface area contributed by atoms with Crippen molar-refractivity contribution in [3.8, 4) is 11.1 Å². The molecular weight excluding hydrogens is 503 g/mol. The van der Waals surface area contributed by atoms with Gasteiger partial charge in [0.05, 0.1) is 13.1 Å². The van der Waals surface area contributed by atoms with Gasteiger partial charge in [-0.1, -0.05) is 48.5 Å². The number of hydrogen-bond donors (Lipinski definition) is 1. The summed E-state index contributed by atoms with van der Waals surface area (Å²) in [6, 6.07) is 27.2. The second-order valence-electron chi connectivity index (χ2n) is 9.87. The van der Waals surface area contributed by atoms with Crippen LogP contribution in [0, 0.1) is 12.7 Å². The lowest BCUT2D eigenvalue weighted by Crippen LogP contribution is -2.30. The molecule has 6 nitrogen and oxygen atoms in total. The summed E-state index contributed by atoms with van der Waals surface area (Å²) in [4.78, 5) is 33.0. The van der Waals surface area contributed by atoms with Gasteiger partial charge in [-0.25, -0.2) is 4.39 Å². The molecular formula is C33H27FN4O2. The molecule has 7 heteroatoms. The van der Waals surface area contributed by atoms with Crippen LogP contribution < -0.4 is 10.2 Å². The van der Waals surface area contributed by atoms with Crippen LogP contribution in [0.2, 0.25) is 0 Å². The maximum absolute atomic E-state index is 14.4. The summed E-state index contributed by atoms with van der Waals surface area (Å²) in [7, 11) is 0. The normalized spacial score (nSPS) is 12.3. The van der Waals surface area contributed by atoms with Crippen LogP contribution in [-0.4, -0.2) is 21.4 Å². The standard InChI is InChI=1S/C33H27FN4O2/c1-22-17-24(12-14-27(22)28-9-3-4-10-29(28)34)33(40)38-21-26-13-15-31(32(39)36-19-23-7-6-16-35-18-23)37(26)20-25-8-2-5-11-30(25)38/h2-18H,19-21H2,1H3,(H,36,39). The summed E-state index contributed by atoms with van der Waals surface area (Å²) in [6.45, 7) is 3.02. The lowest BCUT2D eigenvalue weighted by atomic mass is 9.97. The van der Waals surface area contributed by atoms with Crippen LogP contribution >= 0.6 is 0 Å². The molecule has 0 saturated carbocycles. The van der Waals surface area contributed by atoms with E-state index in [2.05, 4.69) is 10.3 Å². The van der Waals surface area contributed by atoms with E-state index in [1.165, 1.54) is 6.07 Å². The monoisotopic (exact) mass is 530 g/mol. The summed E-state index contributed by atoms with van der Waals surface area (Å²) in [5, 5.41) is 2.98. The van der Waals surface area contributed by atoms with Gasteiger partial charge in [-0.2, -0.15) is 0 Å². The van der Waals surface area contributed by atoms with Gasteiger partial charge in [-0.05, 0) is 71.6 Å². The fourth-order valence-electron chi connectivity index (χ4n) is 5.25. The SMILES string of the molecule is Cc1cc(C(=O)N2Cc3ccc(C(=O)NCc4cccnc4)n3Cc3ccccc32)ccc1-c1ccccc1F. The molecule has 6 rings (SSSR count). The Hall–Kier alpha value is -5.04. The average molecular weight is 531 g/mol. The molecule has 198 valence electrons. The smallest absolute Gasteiger partial charge is 0.268 e. The highest BCUT2D eigenvalue weighted by molar-refractivity contribution is 6.07. The third-order valence-corrected chi connectivity index (χ3v) is 7.29. The molecule has 0 aliphatic carbocycles. The molecule has 3 heterocycles. The summed E-state index contributed by atoms with van der Waals surface area (Å²) in [5.41, 5.74) is 6.63. The zero-order valence-corrected chi connectivity index (χ0v) is 22.0. The van der Waals surface area contributed by atoms with Crippen molar-refractivity contribution in [1.29, 1.82) is 0 Å². The molecule has 0 radical (unpaired) electrons. The molecule has 0 unspecified atom stereocenters. The molecule has 40 heavy (non-hydrogen) atoms. The van der Waals surface area contributed by atoms with Crippen LogP contribution in [0.1, 0.15) is 43.2 Å². The molecule has 0 bridgehead atoms. The Morgan fingerprint density at radius 3 is 2.52 bits per heavy atom. The Labute approximate surface area is 231 Å². The van der Waals surface area contributed by atoms with Gasteiger partial charge in [0.1, 0.15) is 11.5 Å². The number of nitrogens with one attached hydrogen (secondary N) is 1. The fraction of sp³-hybridized carbons (Fsp3) is 0.121. The van der Waals surface area contributed by atoms with Crippen LogP contribution in [0.4, 0.5) is 10.1 Å². The average Bonchev–Trinajstić information content (AvgIpc) is 3.29. The van der Waals surface area contributed by atoms with Crippen molar-refractivity contribution in [2.75, 3.05) is 4.90 Å². The Morgan fingerprint density at radius 2 is 1.73 bits per heavy atom. The third-order valence-electron chi connectivity index (χ3n) is 7.29. The summed E-state index contributed by atoms with van der Waals surface area (Å²) >= 11 is 0. The molecule has 1 N–H and O–H groups in total. The van der Waals surface area contributed by atoms with Gasteiger partial charge in [-0.3, -0.25) is 14.6 Å². The molecule has 3 aromatic carbocycles. The number of nitrogens with zero attached hydrogens (tertiary/aromatic N) is 3. The number of carbonyl (C=O) groups excluding carboxylic acids is 2. The highest BCUT2D eigenvalue weighted by atomic mass is 19.1. The van der Waals surface area contributed by atoms with E-state index in [4.69, 9.17) is 0 Å². The number of aryl methyl sites for hydroxylation is 1. The third kappa shape index (κ3) is 4.78. The Bertz CT molecular complexity index is 1730. The molecule has 2 aromatic heterocycles. The first kappa shape index (κ1) is 25.2. The van der Waals surface area contributed by atoms with Gasteiger partial charge in [0.25, 0.3) is 11.8 Å². The maximum atomic E-state index is 14.4. The Balaban J connectivity index is 1.30. The van der Waals surface area contributed by atoms with Gasteiger partial charge in [0.2, 0.25) is 0 Å². The Kier molecular flexibility index (Phi) is 6.70. The first-order chi connectivity index (χ1) is 19.5. The van der Waals surface area contributed by atoms with Gasteiger partial charge >= 0.3 is 0 Å². The van der Waals surface area contributed by atoms with Crippen molar-refractivity contribution in [2.45, 2.75) is 26.6 Å². The lowest BCUT2D eigenvalue weighted by molar-refractivity contribution is 0.0941. The van der Waals surface area contributed by atoms with Gasteiger partial charge in [0.15, 0.2) is 0 Å². The molecule has 1 aliphatic rings. The molecule has 0 fully saturated rings. The number of halogens is 1. The zero-order chi connectivity index (χ0) is 27.6. The largest absolute Gasteiger partial charge is 0.347 e. The first-order valence-electron chi connectivity index (χ1n) is 13.1. The predicted molar refractivity (Wildman–Crippen MR) is 152 cm³/mol. The molecule has 1 aliphatic heterocycles. The molecule has 2 amide bonds. The van der Waals surface area contributed by atoms with E-state index in [9.17, 15) is 14.0 Å². The van der Waals surface area contributed by atoms with Crippen molar-refractivity contribution in [3.05, 3.63) is 143 Å². The number of para-hydroxylation sites is 1. The minimum atomic E-state index is -0.299. The van der Waals surface area contributed by atoms with E-state index < -0.39 is 0 Å². The minimum absolute atomic E-state index is 0.159. The van der Waals surface area contributed by atoms with Crippen molar-refractivity contribution in [3.63, 3.8) is 0 Å². The summed E-state index contributed by atoms with van der Waals surface area (Å²) in [5.74, 6) is -0.647. The van der Waals surface area contributed by atoms with Crippen molar-refractivity contribution < 1.29 is 14.0 Å². The van der Waals surface area contributed by atoms with E-state index in [0.717, 1.165) is 33.6 Å². The number of aromatic nitrogens is 2. The second-order valence-corrected chi connectivity index (χ2v) is 9.87. The van der Waals surface area contributed by atoms with Crippen molar-refractivity contribution in [2.24, 2.45) is 0 Å². The van der Waals surface area contributed by atoms with E-state index in [-0.39, 0.29) is 17.6 Å². The summed E-state index contributed by atoms with van der Waals surface area (Å²) < 4.78 is 16.4. The topological polar surface area (TPSA) is 67.2 Å². The number of pyridine rings is 1. The molecule has 0 saturated heterocycles. The Morgan fingerprint density at radius 1 is 0.900 bits per heavy atom.